The van der Waals surface area contributed by atoms with E-state index in [4.69, 9.17) is 18.9 Å². The lowest BCUT2D eigenvalue weighted by Crippen LogP contribution is -2.40. The van der Waals surface area contributed by atoms with Crippen LogP contribution in [0.5, 0.6) is 17.2 Å². The van der Waals surface area contributed by atoms with Crippen LogP contribution in [0.2, 0.25) is 0 Å². The summed E-state index contributed by atoms with van der Waals surface area (Å²) in [5.74, 6) is 0.539. The maximum absolute atomic E-state index is 14.0. The van der Waals surface area contributed by atoms with Crippen LogP contribution in [-0.2, 0) is 9.53 Å². The van der Waals surface area contributed by atoms with Crippen molar-refractivity contribution in [3.8, 4) is 17.2 Å². The minimum absolute atomic E-state index is 0.124. The van der Waals surface area contributed by atoms with E-state index in [0.29, 0.717) is 43.4 Å². The van der Waals surface area contributed by atoms with E-state index in [1.807, 2.05) is 38.1 Å². The quantitative estimate of drug-likeness (QED) is 0.197. The number of methoxy groups -OCH3 is 1. The average molecular weight is 613 g/mol. The summed E-state index contributed by atoms with van der Waals surface area (Å²) in [5, 5.41) is 0. The molecule has 226 valence electrons. The smallest absolute Gasteiger partial charge is 0.343 e. The summed E-state index contributed by atoms with van der Waals surface area (Å²) < 4.78 is 24.1. The number of allylic oxidation sites excluding steroid dienone is 1. The van der Waals surface area contributed by atoms with Crippen LogP contribution in [0.4, 0.5) is 0 Å². The summed E-state index contributed by atoms with van der Waals surface area (Å²) in [5.41, 5.74) is 2.23. The van der Waals surface area contributed by atoms with Crippen molar-refractivity contribution in [1.29, 1.82) is 0 Å². The summed E-state index contributed by atoms with van der Waals surface area (Å²) in [4.78, 5) is 44.9. The number of para-hydroxylation sites is 1. The zero-order valence-electron chi connectivity index (χ0n) is 25.0. The Hall–Kier alpha value is -4.96. The topological polar surface area (TPSA) is 105 Å². The van der Waals surface area contributed by atoms with E-state index in [1.165, 1.54) is 15.9 Å². The fourth-order valence-corrected chi connectivity index (χ4v) is 5.88. The Morgan fingerprint density at radius 3 is 2.32 bits per heavy atom. The highest BCUT2D eigenvalue weighted by Crippen LogP contribution is 2.36. The van der Waals surface area contributed by atoms with Gasteiger partial charge in [0.05, 0.1) is 41.2 Å². The first kappa shape index (κ1) is 30.5. The number of benzene rings is 3. The molecular weight excluding hydrogens is 580 g/mol. The molecule has 0 bridgehead atoms. The summed E-state index contributed by atoms with van der Waals surface area (Å²) in [6.07, 6.45) is 1.62. The van der Waals surface area contributed by atoms with Gasteiger partial charge in [-0.15, -0.1) is 0 Å². The molecule has 0 radical (unpaired) electrons. The normalized spacial score (nSPS) is 14.6. The van der Waals surface area contributed by atoms with E-state index in [9.17, 15) is 14.4 Å². The fourth-order valence-electron chi connectivity index (χ4n) is 4.83. The van der Waals surface area contributed by atoms with Crippen molar-refractivity contribution in [3.63, 3.8) is 0 Å². The predicted molar refractivity (Wildman–Crippen MR) is 167 cm³/mol. The Balaban J connectivity index is 1.51. The molecule has 1 aliphatic heterocycles. The van der Waals surface area contributed by atoms with E-state index >= 15 is 0 Å². The van der Waals surface area contributed by atoms with Gasteiger partial charge in [-0.2, -0.15) is 0 Å². The number of fused-ring (bicyclic) bond motifs is 1. The van der Waals surface area contributed by atoms with E-state index in [0.717, 1.165) is 5.56 Å². The number of esters is 2. The van der Waals surface area contributed by atoms with Crippen molar-refractivity contribution in [2.75, 3.05) is 13.7 Å². The predicted octanol–water partition coefficient (Wildman–Crippen LogP) is 4.81. The maximum atomic E-state index is 14.0. The minimum Gasteiger partial charge on any atom is -0.497 e. The van der Waals surface area contributed by atoms with Crippen molar-refractivity contribution < 1.29 is 28.5 Å². The molecule has 5 rings (SSSR count). The number of hydrogen-bond acceptors (Lipinski definition) is 9. The molecule has 44 heavy (non-hydrogen) atoms. The van der Waals surface area contributed by atoms with Crippen LogP contribution in [0.3, 0.4) is 0 Å². The lowest BCUT2D eigenvalue weighted by Gasteiger charge is -2.26. The molecular formula is C34H32N2O7S. The van der Waals surface area contributed by atoms with Crippen LogP contribution < -0.4 is 29.1 Å². The molecule has 0 saturated heterocycles. The third kappa shape index (κ3) is 6.35. The van der Waals surface area contributed by atoms with Gasteiger partial charge in [0.1, 0.15) is 23.3 Å². The molecule has 1 aliphatic rings. The van der Waals surface area contributed by atoms with E-state index < -0.39 is 18.0 Å². The number of ether oxygens (including phenoxy) is 4. The van der Waals surface area contributed by atoms with Gasteiger partial charge in [-0.1, -0.05) is 41.7 Å². The van der Waals surface area contributed by atoms with Crippen LogP contribution in [0, 0.1) is 0 Å². The molecule has 0 aliphatic carbocycles. The van der Waals surface area contributed by atoms with Crippen LogP contribution in [0.1, 0.15) is 55.2 Å². The number of carbonyl (C=O) groups excluding carboxylic acids is 2. The first-order chi connectivity index (χ1) is 21.2. The van der Waals surface area contributed by atoms with Gasteiger partial charge >= 0.3 is 11.9 Å². The molecule has 0 saturated carbocycles. The standard InChI is InChI=1S/C34H32N2O7S/c1-6-41-33(39)29-21(4)35-34-36(30(29)26-9-7-8-10-27(26)42-20(2)3)31(37)28(44-34)19-22-11-15-25(16-12-22)43-32(38)23-13-17-24(40-5)18-14-23/h7-20,30H,6H2,1-5H3/b28-19-/t30-/m0/s1. The number of hydrogen-bond donors (Lipinski definition) is 0. The van der Waals surface area contributed by atoms with Gasteiger partial charge in [0, 0.05) is 5.56 Å². The molecule has 9 nitrogen and oxygen atoms in total. The Morgan fingerprint density at radius 1 is 0.977 bits per heavy atom. The summed E-state index contributed by atoms with van der Waals surface area (Å²) in [6.45, 7) is 7.50. The lowest BCUT2D eigenvalue weighted by atomic mass is 9.95. The van der Waals surface area contributed by atoms with Crippen LogP contribution in [-0.4, -0.2) is 36.3 Å². The van der Waals surface area contributed by atoms with Gasteiger partial charge in [0.25, 0.3) is 5.56 Å². The third-order valence-electron chi connectivity index (χ3n) is 6.81. The Bertz CT molecular complexity index is 1900. The third-order valence-corrected chi connectivity index (χ3v) is 7.79. The molecule has 0 N–H and O–H groups in total. The highest BCUT2D eigenvalue weighted by atomic mass is 32.1. The molecule has 1 aromatic heterocycles. The SMILES string of the molecule is CCOC(=O)C1=C(C)N=c2s/c(=C\c3ccc(OC(=O)c4ccc(OC)cc4)cc3)c(=O)n2[C@H]1c1ccccc1OC(C)C. The first-order valence-electron chi connectivity index (χ1n) is 14.1. The number of rotatable bonds is 9. The van der Waals surface area contributed by atoms with Crippen LogP contribution in [0.15, 0.2) is 93.9 Å². The molecule has 0 fully saturated rings. The number of carbonyl (C=O) groups is 2. The van der Waals surface area contributed by atoms with Gasteiger partial charge in [-0.3, -0.25) is 9.36 Å². The largest absolute Gasteiger partial charge is 0.497 e. The molecule has 3 aromatic carbocycles. The monoisotopic (exact) mass is 612 g/mol. The second-order valence-corrected chi connectivity index (χ2v) is 11.2. The molecule has 0 amide bonds. The molecule has 10 heteroatoms. The van der Waals surface area contributed by atoms with Crippen molar-refractivity contribution in [1.82, 2.24) is 4.57 Å². The Morgan fingerprint density at radius 2 is 1.66 bits per heavy atom. The van der Waals surface area contributed by atoms with Gasteiger partial charge in [-0.25, -0.2) is 14.6 Å². The van der Waals surface area contributed by atoms with Gasteiger partial charge in [-0.05, 0) is 81.8 Å². The van der Waals surface area contributed by atoms with E-state index in [2.05, 4.69) is 4.99 Å². The minimum atomic E-state index is -0.790. The highest BCUT2D eigenvalue weighted by Gasteiger charge is 2.35. The average Bonchev–Trinajstić information content (AvgIpc) is 3.31. The maximum Gasteiger partial charge on any atom is 0.343 e. The second-order valence-electron chi connectivity index (χ2n) is 10.2. The van der Waals surface area contributed by atoms with Crippen molar-refractivity contribution in [3.05, 3.63) is 120 Å². The lowest BCUT2D eigenvalue weighted by molar-refractivity contribution is -0.139. The Kier molecular flexibility index (Phi) is 9.10. The summed E-state index contributed by atoms with van der Waals surface area (Å²) in [6, 6.07) is 20.1. The highest BCUT2D eigenvalue weighted by molar-refractivity contribution is 7.07. The van der Waals surface area contributed by atoms with Crippen LogP contribution >= 0.6 is 11.3 Å². The molecule has 1 atom stereocenters. The second kappa shape index (κ2) is 13.1. The summed E-state index contributed by atoms with van der Waals surface area (Å²) >= 11 is 1.23. The molecule has 2 heterocycles. The number of nitrogens with zero attached hydrogens (tertiary/aromatic N) is 2. The van der Waals surface area contributed by atoms with E-state index in [-0.39, 0.29) is 23.8 Å². The zero-order valence-corrected chi connectivity index (χ0v) is 25.8. The van der Waals surface area contributed by atoms with Crippen molar-refractivity contribution in [2.24, 2.45) is 4.99 Å². The van der Waals surface area contributed by atoms with Crippen molar-refractivity contribution >= 4 is 29.4 Å². The fraction of sp³-hybridized carbons (Fsp3) is 0.235. The van der Waals surface area contributed by atoms with Gasteiger partial charge < -0.3 is 18.9 Å². The van der Waals surface area contributed by atoms with Crippen LogP contribution in [0.25, 0.3) is 6.08 Å². The van der Waals surface area contributed by atoms with Gasteiger partial charge in [0.2, 0.25) is 0 Å². The van der Waals surface area contributed by atoms with Gasteiger partial charge in [0.15, 0.2) is 4.80 Å². The molecule has 4 aromatic rings. The zero-order chi connectivity index (χ0) is 31.4. The first-order valence-corrected chi connectivity index (χ1v) is 14.9. The molecule has 0 unspecified atom stereocenters. The van der Waals surface area contributed by atoms with Crippen molar-refractivity contribution in [2.45, 2.75) is 39.8 Å². The summed E-state index contributed by atoms with van der Waals surface area (Å²) in [7, 11) is 1.56. The Labute approximate surface area is 258 Å². The number of aromatic nitrogens is 1. The molecule has 0 spiro atoms. The number of thiazole rings is 1. The van der Waals surface area contributed by atoms with E-state index in [1.54, 1.807) is 75.6 Å².